The van der Waals surface area contributed by atoms with Gasteiger partial charge in [0.05, 0.1) is 11.5 Å². The average Bonchev–Trinajstić information content (AvgIpc) is 2.59. The minimum Gasteiger partial charge on any atom is -0.449 e. The molecule has 0 bridgehead atoms. The van der Waals surface area contributed by atoms with Gasteiger partial charge in [-0.2, -0.15) is 0 Å². The van der Waals surface area contributed by atoms with E-state index in [0.29, 0.717) is 5.75 Å². The Hall–Kier alpha value is -1.82. The Morgan fingerprint density at radius 2 is 2.29 bits per heavy atom. The third-order valence-corrected chi connectivity index (χ3v) is 1.85. The van der Waals surface area contributed by atoms with Gasteiger partial charge in [0.25, 0.3) is 6.29 Å². The summed E-state index contributed by atoms with van der Waals surface area (Å²) >= 11 is 0. The van der Waals surface area contributed by atoms with Crippen LogP contribution in [0.1, 0.15) is 0 Å². The topological polar surface area (TPSA) is 87.6 Å². The van der Waals surface area contributed by atoms with Gasteiger partial charge in [-0.3, -0.25) is 10.1 Å². The molecule has 1 aromatic carbocycles. The van der Waals surface area contributed by atoms with E-state index in [1.54, 1.807) is 12.1 Å². The maximum atomic E-state index is 10.6. The van der Waals surface area contributed by atoms with Crippen LogP contribution in [0.15, 0.2) is 18.2 Å². The van der Waals surface area contributed by atoms with E-state index in [9.17, 15) is 10.1 Å². The van der Waals surface area contributed by atoms with Crippen molar-refractivity contribution in [3.05, 3.63) is 28.3 Å². The summed E-state index contributed by atoms with van der Waals surface area (Å²) in [5.41, 5.74) is 5.22. The van der Waals surface area contributed by atoms with Gasteiger partial charge in [-0.1, -0.05) is 6.07 Å². The van der Waals surface area contributed by atoms with Crippen LogP contribution in [0.2, 0.25) is 0 Å². The molecule has 2 N–H and O–H groups in total. The first-order valence-corrected chi connectivity index (χ1v) is 4.03. The van der Waals surface area contributed by atoms with Crippen molar-refractivity contribution in [3.8, 4) is 11.5 Å². The first kappa shape index (κ1) is 8.76. The van der Waals surface area contributed by atoms with Crippen LogP contribution < -0.4 is 15.2 Å². The van der Waals surface area contributed by atoms with Gasteiger partial charge in [0.2, 0.25) is 5.75 Å². The van der Waals surface area contributed by atoms with E-state index in [2.05, 4.69) is 0 Å². The van der Waals surface area contributed by atoms with Gasteiger partial charge in [-0.05, 0) is 6.07 Å². The van der Waals surface area contributed by atoms with Crippen molar-refractivity contribution in [3.63, 3.8) is 0 Å². The van der Waals surface area contributed by atoms with Crippen molar-refractivity contribution in [2.75, 3.05) is 6.54 Å². The van der Waals surface area contributed by atoms with E-state index in [1.165, 1.54) is 6.07 Å². The van der Waals surface area contributed by atoms with Crippen molar-refractivity contribution >= 4 is 5.69 Å². The number of benzene rings is 1. The number of fused-ring (bicyclic) bond motifs is 1. The van der Waals surface area contributed by atoms with Gasteiger partial charge in [-0.15, -0.1) is 0 Å². The lowest BCUT2D eigenvalue weighted by molar-refractivity contribution is -0.385. The molecule has 0 amide bonds. The average molecular weight is 196 g/mol. The highest BCUT2D eigenvalue weighted by atomic mass is 16.7. The molecule has 0 saturated heterocycles. The van der Waals surface area contributed by atoms with E-state index < -0.39 is 11.2 Å². The lowest BCUT2D eigenvalue weighted by atomic mass is 10.3. The van der Waals surface area contributed by atoms with Gasteiger partial charge >= 0.3 is 5.69 Å². The van der Waals surface area contributed by atoms with Crippen molar-refractivity contribution in [1.29, 1.82) is 0 Å². The Bertz CT molecular complexity index is 380. The van der Waals surface area contributed by atoms with Crippen LogP contribution in [0.25, 0.3) is 0 Å². The van der Waals surface area contributed by atoms with Crippen molar-refractivity contribution < 1.29 is 14.4 Å². The zero-order valence-corrected chi connectivity index (χ0v) is 7.17. The van der Waals surface area contributed by atoms with Crippen LogP contribution in [0.3, 0.4) is 0 Å². The van der Waals surface area contributed by atoms with Crippen molar-refractivity contribution in [1.82, 2.24) is 0 Å². The Morgan fingerprint density at radius 3 is 2.93 bits per heavy atom. The molecule has 0 spiro atoms. The molecule has 1 atom stereocenters. The first-order chi connectivity index (χ1) is 6.72. The number of para-hydroxylation sites is 1. The molecule has 74 valence electrons. The molecule has 0 aliphatic carbocycles. The summed E-state index contributed by atoms with van der Waals surface area (Å²) in [6.45, 7) is 0.159. The van der Waals surface area contributed by atoms with Crippen molar-refractivity contribution in [2.45, 2.75) is 6.29 Å². The van der Waals surface area contributed by atoms with Gasteiger partial charge in [0, 0.05) is 6.07 Å². The Labute approximate surface area is 79.4 Å². The van der Waals surface area contributed by atoms with E-state index in [4.69, 9.17) is 15.2 Å². The number of nitro groups is 1. The van der Waals surface area contributed by atoms with Gasteiger partial charge < -0.3 is 15.2 Å². The predicted octanol–water partition coefficient (Wildman–Crippen LogP) is 0.651. The summed E-state index contributed by atoms with van der Waals surface area (Å²) in [4.78, 5) is 10.1. The maximum Gasteiger partial charge on any atom is 0.315 e. The number of hydrogen-bond donors (Lipinski definition) is 1. The van der Waals surface area contributed by atoms with Crippen LogP contribution in [-0.4, -0.2) is 17.8 Å². The summed E-state index contributed by atoms with van der Waals surface area (Å²) in [6, 6.07) is 4.51. The van der Waals surface area contributed by atoms with E-state index in [0.717, 1.165) is 0 Å². The number of rotatable bonds is 2. The molecule has 1 aliphatic heterocycles. The summed E-state index contributed by atoms with van der Waals surface area (Å²) in [7, 11) is 0. The monoisotopic (exact) mass is 196 g/mol. The molecule has 6 heteroatoms. The second kappa shape index (κ2) is 3.15. The molecule has 2 rings (SSSR count). The number of nitrogens with zero attached hydrogens (tertiary/aromatic N) is 1. The normalized spacial score (nSPS) is 18.2. The van der Waals surface area contributed by atoms with Crippen LogP contribution >= 0.6 is 0 Å². The Morgan fingerprint density at radius 1 is 1.50 bits per heavy atom. The zero-order chi connectivity index (χ0) is 10.1. The highest BCUT2D eigenvalue weighted by Crippen LogP contribution is 2.41. The minimum atomic E-state index is -0.619. The van der Waals surface area contributed by atoms with Gasteiger partial charge in [0.1, 0.15) is 0 Å². The summed E-state index contributed by atoms with van der Waals surface area (Å²) in [6.07, 6.45) is -0.619. The molecule has 1 aliphatic rings. The third-order valence-electron chi connectivity index (χ3n) is 1.85. The quantitative estimate of drug-likeness (QED) is 0.554. The zero-order valence-electron chi connectivity index (χ0n) is 7.17. The van der Waals surface area contributed by atoms with Gasteiger partial charge in [0.15, 0.2) is 5.75 Å². The van der Waals surface area contributed by atoms with E-state index in [-0.39, 0.29) is 18.0 Å². The van der Waals surface area contributed by atoms with Crippen molar-refractivity contribution in [2.24, 2.45) is 5.73 Å². The Kier molecular flexibility index (Phi) is 1.97. The molecule has 0 radical (unpaired) electrons. The molecule has 0 fully saturated rings. The number of nitrogens with two attached hydrogens (primary N) is 1. The standard InChI is InChI=1S/C8H8N2O4/c9-4-7-13-6-3-1-2-5(10(11)12)8(6)14-7/h1-3,7H,4,9H2. The summed E-state index contributed by atoms with van der Waals surface area (Å²) < 4.78 is 10.4. The van der Waals surface area contributed by atoms with Crippen LogP contribution in [0, 0.1) is 10.1 Å². The molecule has 14 heavy (non-hydrogen) atoms. The van der Waals surface area contributed by atoms with Crippen LogP contribution in [-0.2, 0) is 0 Å². The molecule has 0 aromatic heterocycles. The lowest BCUT2D eigenvalue weighted by Gasteiger charge is -2.04. The van der Waals surface area contributed by atoms with E-state index >= 15 is 0 Å². The number of nitro benzene ring substituents is 1. The molecule has 1 aromatic rings. The SMILES string of the molecule is NCC1Oc2cccc([N+](=O)[O-])c2O1. The van der Waals surface area contributed by atoms with Crippen LogP contribution in [0.5, 0.6) is 11.5 Å². The molecular weight excluding hydrogens is 188 g/mol. The first-order valence-electron chi connectivity index (χ1n) is 4.03. The minimum absolute atomic E-state index is 0.0987. The smallest absolute Gasteiger partial charge is 0.315 e. The maximum absolute atomic E-state index is 10.6. The molecule has 6 nitrogen and oxygen atoms in total. The second-order valence-corrected chi connectivity index (χ2v) is 2.76. The fraction of sp³-hybridized carbons (Fsp3) is 0.250. The molecular formula is C8H8N2O4. The van der Waals surface area contributed by atoms with Crippen LogP contribution in [0.4, 0.5) is 5.69 Å². The predicted molar refractivity (Wildman–Crippen MR) is 47.2 cm³/mol. The second-order valence-electron chi connectivity index (χ2n) is 2.76. The molecule has 0 saturated carbocycles. The summed E-state index contributed by atoms with van der Waals surface area (Å²) in [5, 5.41) is 10.6. The lowest BCUT2D eigenvalue weighted by Crippen LogP contribution is -2.28. The number of hydrogen-bond acceptors (Lipinski definition) is 5. The van der Waals surface area contributed by atoms with Gasteiger partial charge in [-0.25, -0.2) is 0 Å². The van der Waals surface area contributed by atoms with E-state index in [1.807, 2.05) is 0 Å². The summed E-state index contributed by atoms with van der Waals surface area (Å²) in [5.74, 6) is 0.530. The Balaban J connectivity index is 2.41. The largest absolute Gasteiger partial charge is 0.449 e. The molecule has 1 unspecified atom stereocenters. The number of ether oxygens (including phenoxy) is 2. The highest BCUT2D eigenvalue weighted by molar-refractivity contribution is 5.57. The molecule has 1 heterocycles. The highest BCUT2D eigenvalue weighted by Gasteiger charge is 2.30. The fourth-order valence-corrected chi connectivity index (χ4v) is 1.25. The third kappa shape index (κ3) is 1.25. The fourth-order valence-electron chi connectivity index (χ4n) is 1.25.